The minimum absolute atomic E-state index is 0.146. The number of pyridine rings is 2. The summed E-state index contributed by atoms with van der Waals surface area (Å²) in [5.41, 5.74) is 3.17. The van der Waals surface area contributed by atoms with Crippen molar-refractivity contribution in [2.45, 2.75) is 44.8 Å². The SMILES string of the molecule is C[C@@H](Oc1ccc2n[nH]c(/C=C(\F)c3ccc(CCC4CC(O)C4)nc3)c2c1)c1c(Cl)cncc1Cl. The third-order valence-corrected chi connectivity index (χ3v) is 7.16. The van der Waals surface area contributed by atoms with Crippen LogP contribution < -0.4 is 4.74 Å². The van der Waals surface area contributed by atoms with Gasteiger partial charge >= 0.3 is 0 Å². The number of aryl methyl sites for hydroxylation is 1. The van der Waals surface area contributed by atoms with Crippen LogP contribution in [0.2, 0.25) is 10.0 Å². The van der Waals surface area contributed by atoms with Gasteiger partial charge in [0.15, 0.2) is 0 Å². The fourth-order valence-corrected chi connectivity index (χ4v) is 5.15. The Bertz CT molecular complexity index is 1380. The molecule has 0 aliphatic heterocycles. The Morgan fingerprint density at radius 1 is 1.19 bits per heavy atom. The third-order valence-electron chi connectivity index (χ3n) is 6.56. The summed E-state index contributed by atoms with van der Waals surface area (Å²) in [6, 6.07) is 8.98. The molecule has 3 aromatic heterocycles. The Morgan fingerprint density at radius 2 is 1.97 bits per heavy atom. The molecule has 0 radical (unpaired) electrons. The Morgan fingerprint density at radius 3 is 2.67 bits per heavy atom. The summed E-state index contributed by atoms with van der Waals surface area (Å²) in [7, 11) is 0. The number of benzene rings is 1. The Hall–Kier alpha value is -3.00. The van der Waals surface area contributed by atoms with Gasteiger partial charge in [-0.2, -0.15) is 5.10 Å². The van der Waals surface area contributed by atoms with E-state index in [2.05, 4.69) is 20.2 Å². The zero-order valence-electron chi connectivity index (χ0n) is 19.6. The highest BCUT2D eigenvalue weighted by Gasteiger charge is 2.26. The molecule has 1 fully saturated rings. The molecule has 6 nitrogen and oxygen atoms in total. The zero-order valence-corrected chi connectivity index (χ0v) is 21.1. The minimum Gasteiger partial charge on any atom is -0.486 e. The van der Waals surface area contributed by atoms with Gasteiger partial charge in [0, 0.05) is 46.9 Å². The number of hydrogen-bond acceptors (Lipinski definition) is 5. The molecule has 1 atom stereocenters. The first-order valence-corrected chi connectivity index (χ1v) is 12.6. The summed E-state index contributed by atoms with van der Waals surface area (Å²) < 4.78 is 21.2. The van der Waals surface area contributed by atoms with Crippen LogP contribution in [0.15, 0.2) is 48.9 Å². The van der Waals surface area contributed by atoms with Crippen molar-refractivity contribution in [1.29, 1.82) is 0 Å². The van der Waals surface area contributed by atoms with E-state index in [0.29, 0.717) is 49.4 Å². The first-order valence-electron chi connectivity index (χ1n) is 11.8. The molecule has 0 amide bonds. The van der Waals surface area contributed by atoms with Crippen LogP contribution in [0.3, 0.4) is 0 Å². The summed E-state index contributed by atoms with van der Waals surface area (Å²) in [5, 5.41) is 18.1. The molecule has 5 rings (SSSR count). The average molecular weight is 527 g/mol. The number of aliphatic hydroxyl groups excluding tert-OH is 1. The van der Waals surface area contributed by atoms with Crippen LogP contribution in [0.1, 0.15) is 54.8 Å². The lowest BCUT2D eigenvalue weighted by Crippen LogP contribution is -2.28. The molecule has 0 spiro atoms. The van der Waals surface area contributed by atoms with Crippen LogP contribution in [0, 0.1) is 5.92 Å². The lowest BCUT2D eigenvalue weighted by Gasteiger charge is -2.31. The van der Waals surface area contributed by atoms with Gasteiger partial charge in [-0.25, -0.2) is 4.39 Å². The van der Waals surface area contributed by atoms with Crippen LogP contribution in [-0.2, 0) is 6.42 Å². The van der Waals surface area contributed by atoms with Gasteiger partial charge in [-0.3, -0.25) is 15.1 Å². The molecular weight excluding hydrogens is 502 g/mol. The van der Waals surface area contributed by atoms with Crippen molar-refractivity contribution in [3.05, 3.63) is 81.5 Å². The number of fused-ring (bicyclic) bond motifs is 1. The van der Waals surface area contributed by atoms with Crippen molar-refractivity contribution >= 4 is 46.0 Å². The molecule has 36 heavy (non-hydrogen) atoms. The van der Waals surface area contributed by atoms with E-state index in [0.717, 1.165) is 31.4 Å². The second kappa shape index (κ2) is 10.5. The average Bonchev–Trinajstić information content (AvgIpc) is 3.23. The lowest BCUT2D eigenvalue weighted by atomic mass is 9.79. The number of aromatic nitrogens is 4. The van der Waals surface area contributed by atoms with E-state index in [1.165, 1.54) is 18.5 Å². The lowest BCUT2D eigenvalue weighted by molar-refractivity contribution is 0.0392. The maximum Gasteiger partial charge on any atom is 0.134 e. The molecule has 0 saturated heterocycles. The van der Waals surface area contributed by atoms with Crippen molar-refractivity contribution in [3.8, 4) is 5.75 Å². The molecule has 1 aliphatic rings. The summed E-state index contributed by atoms with van der Waals surface area (Å²) in [5.74, 6) is 0.708. The number of aliphatic hydroxyl groups is 1. The highest BCUT2D eigenvalue weighted by atomic mass is 35.5. The number of hydrogen-bond donors (Lipinski definition) is 2. The smallest absolute Gasteiger partial charge is 0.134 e. The molecule has 3 heterocycles. The van der Waals surface area contributed by atoms with Crippen LogP contribution >= 0.6 is 23.2 Å². The molecule has 1 aromatic carbocycles. The second-order valence-electron chi connectivity index (χ2n) is 9.15. The van der Waals surface area contributed by atoms with E-state index < -0.39 is 11.9 Å². The number of ether oxygens (including phenoxy) is 1. The zero-order chi connectivity index (χ0) is 25.2. The molecule has 0 unspecified atom stereocenters. The monoisotopic (exact) mass is 526 g/mol. The predicted molar refractivity (Wildman–Crippen MR) is 140 cm³/mol. The molecule has 1 saturated carbocycles. The molecular formula is C27H25Cl2FN4O2. The Labute approximate surface area is 218 Å². The summed E-state index contributed by atoms with van der Waals surface area (Å²) in [6.45, 7) is 1.85. The summed E-state index contributed by atoms with van der Waals surface area (Å²) >= 11 is 12.5. The Balaban J connectivity index is 1.31. The van der Waals surface area contributed by atoms with Crippen LogP contribution in [0.5, 0.6) is 5.75 Å². The molecule has 4 aromatic rings. The summed E-state index contributed by atoms with van der Waals surface area (Å²) in [4.78, 5) is 8.39. The van der Waals surface area contributed by atoms with Crippen LogP contribution in [-0.4, -0.2) is 31.4 Å². The van der Waals surface area contributed by atoms with Crippen molar-refractivity contribution in [2.24, 2.45) is 5.92 Å². The van der Waals surface area contributed by atoms with Gasteiger partial charge in [0.2, 0.25) is 0 Å². The fourth-order valence-electron chi connectivity index (χ4n) is 4.48. The normalized spacial score (nSPS) is 18.8. The van der Waals surface area contributed by atoms with Gasteiger partial charge in [-0.05, 0) is 68.9 Å². The van der Waals surface area contributed by atoms with E-state index in [1.807, 2.05) is 13.0 Å². The van der Waals surface area contributed by atoms with Gasteiger partial charge in [0.25, 0.3) is 0 Å². The maximum atomic E-state index is 15.1. The molecule has 1 aliphatic carbocycles. The molecule has 186 valence electrons. The van der Waals surface area contributed by atoms with Crippen molar-refractivity contribution in [1.82, 2.24) is 20.2 Å². The number of H-pyrrole nitrogens is 1. The summed E-state index contributed by atoms with van der Waals surface area (Å²) in [6.07, 6.45) is 8.98. The number of halogens is 3. The highest BCUT2D eigenvalue weighted by molar-refractivity contribution is 6.35. The largest absolute Gasteiger partial charge is 0.486 e. The van der Waals surface area contributed by atoms with Gasteiger partial charge in [0.05, 0.1) is 27.4 Å². The minimum atomic E-state index is -0.424. The number of rotatable bonds is 8. The molecule has 0 bridgehead atoms. The fraction of sp³-hybridized carbons (Fsp3) is 0.296. The maximum absolute atomic E-state index is 15.1. The topological polar surface area (TPSA) is 83.9 Å². The van der Waals surface area contributed by atoms with Crippen molar-refractivity contribution in [2.75, 3.05) is 0 Å². The molecule has 9 heteroatoms. The van der Waals surface area contributed by atoms with Crippen LogP contribution in [0.4, 0.5) is 4.39 Å². The number of nitrogens with zero attached hydrogens (tertiary/aromatic N) is 3. The quantitative estimate of drug-likeness (QED) is 0.259. The van der Waals surface area contributed by atoms with E-state index >= 15 is 4.39 Å². The Kier molecular flexibility index (Phi) is 7.23. The first-order chi connectivity index (χ1) is 17.4. The van der Waals surface area contributed by atoms with Crippen molar-refractivity contribution < 1.29 is 14.2 Å². The first kappa shape index (κ1) is 24.7. The standard InChI is InChI=1S/C27H25Cl2FN4O2/c1-15(27-22(28)13-31-14-23(27)29)36-20-6-7-25-21(10-20)26(34-33-25)11-24(30)17-3-5-18(32-12-17)4-2-16-8-19(35)9-16/h3,5-7,10-16,19,35H,2,4,8-9H2,1H3,(H,33,34)/b24-11-/t15-,16?,19?/m1/s1. The third kappa shape index (κ3) is 5.38. The van der Waals surface area contributed by atoms with E-state index in [-0.39, 0.29) is 6.10 Å². The van der Waals surface area contributed by atoms with E-state index in [1.54, 1.807) is 30.5 Å². The van der Waals surface area contributed by atoms with E-state index in [4.69, 9.17) is 27.9 Å². The van der Waals surface area contributed by atoms with Crippen LogP contribution in [0.25, 0.3) is 22.8 Å². The highest BCUT2D eigenvalue weighted by Crippen LogP contribution is 2.34. The second-order valence-corrected chi connectivity index (χ2v) is 9.97. The van der Waals surface area contributed by atoms with Gasteiger partial charge in [-0.1, -0.05) is 23.2 Å². The number of nitrogens with one attached hydrogen (secondary N) is 1. The van der Waals surface area contributed by atoms with Gasteiger partial charge < -0.3 is 9.84 Å². The number of aromatic amines is 1. The van der Waals surface area contributed by atoms with E-state index in [9.17, 15) is 5.11 Å². The van der Waals surface area contributed by atoms with Crippen molar-refractivity contribution in [3.63, 3.8) is 0 Å². The molecule has 2 N–H and O–H groups in total. The van der Waals surface area contributed by atoms with Gasteiger partial charge in [0.1, 0.15) is 17.7 Å². The predicted octanol–water partition coefficient (Wildman–Crippen LogP) is 6.97. The van der Waals surface area contributed by atoms with Gasteiger partial charge in [-0.15, -0.1) is 0 Å².